The third-order valence-electron chi connectivity index (χ3n) is 2.35. The Morgan fingerprint density at radius 1 is 1.22 bits per heavy atom. The molecule has 5 heteroatoms. The van der Waals surface area contributed by atoms with Crippen molar-refractivity contribution in [2.75, 3.05) is 17.3 Å². The molecule has 18 heavy (non-hydrogen) atoms. The maximum atomic E-state index is 5.78. The summed E-state index contributed by atoms with van der Waals surface area (Å²) in [6, 6.07) is 1.78. The van der Waals surface area contributed by atoms with Gasteiger partial charge >= 0.3 is 0 Å². The number of nitrogens with two attached hydrogens (primary N) is 1. The average molecular weight is 268 g/mol. The van der Waals surface area contributed by atoms with Crippen LogP contribution in [0.5, 0.6) is 0 Å². The van der Waals surface area contributed by atoms with E-state index < -0.39 is 0 Å². The van der Waals surface area contributed by atoms with Crippen LogP contribution >= 0.6 is 11.8 Å². The number of hydrogen-bond donors (Lipinski definition) is 2. The Labute approximate surface area is 114 Å². The van der Waals surface area contributed by atoms with E-state index in [0.29, 0.717) is 11.0 Å². The van der Waals surface area contributed by atoms with Crippen molar-refractivity contribution < 1.29 is 0 Å². The normalized spacial score (nSPS) is 12.6. The number of nitrogens with one attached hydrogen (secondary N) is 1. The summed E-state index contributed by atoms with van der Waals surface area (Å²) in [7, 11) is 0. The van der Waals surface area contributed by atoms with Gasteiger partial charge in [-0.1, -0.05) is 32.5 Å². The van der Waals surface area contributed by atoms with E-state index in [-0.39, 0.29) is 11.0 Å². The highest BCUT2D eigenvalue weighted by Crippen LogP contribution is 2.29. The summed E-state index contributed by atoms with van der Waals surface area (Å²) >= 11 is 1.49. The molecule has 1 aromatic heterocycles. The summed E-state index contributed by atoms with van der Waals surface area (Å²) in [5.74, 6) is 1.30. The predicted molar refractivity (Wildman–Crippen MR) is 80.0 cm³/mol. The number of rotatable bonds is 4. The fraction of sp³-hybridized carbons (Fsp3) is 0.692. The van der Waals surface area contributed by atoms with Crippen molar-refractivity contribution in [3.8, 4) is 0 Å². The fourth-order valence-corrected chi connectivity index (χ4v) is 2.70. The fourth-order valence-electron chi connectivity index (χ4n) is 2.32. The van der Waals surface area contributed by atoms with Crippen LogP contribution in [-0.4, -0.2) is 21.8 Å². The number of aromatic nitrogens is 2. The number of thioether (sulfide) groups is 1. The molecule has 1 aromatic rings. The smallest absolute Gasteiger partial charge is 0.191 e. The van der Waals surface area contributed by atoms with E-state index in [2.05, 4.69) is 49.9 Å². The van der Waals surface area contributed by atoms with Crippen LogP contribution in [0.15, 0.2) is 11.2 Å². The van der Waals surface area contributed by atoms with Gasteiger partial charge in [0.2, 0.25) is 0 Å². The molecular formula is C13H24N4S. The first kappa shape index (κ1) is 15.1. The predicted octanol–water partition coefficient (Wildman–Crippen LogP) is 3.41. The molecule has 0 bridgehead atoms. The van der Waals surface area contributed by atoms with Crippen molar-refractivity contribution in [1.29, 1.82) is 0 Å². The molecule has 1 rings (SSSR count). The largest absolute Gasteiger partial charge is 0.383 e. The van der Waals surface area contributed by atoms with Gasteiger partial charge in [0.15, 0.2) is 5.16 Å². The van der Waals surface area contributed by atoms with Crippen molar-refractivity contribution >= 4 is 23.4 Å². The molecule has 102 valence electrons. The summed E-state index contributed by atoms with van der Waals surface area (Å²) in [6.07, 6.45) is 2.98. The minimum absolute atomic E-state index is 0.0330. The lowest BCUT2D eigenvalue weighted by Gasteiger charge is -2.33. The van der Waals surface area contributed by atoms with E-state index in [0.717, 1.165) is 12.2 Å². The van der Waals surface area contributed by atoms with Gasteiger partial charge in [0.1, 0.15) is 11.6 Å². The molecular weight excluding hydrogens is 244 g/mol. The van der Waals surface area contributed by atoms with Gasteiger partial charge < -0.3 is 11.1 Å². The van der Waals surface area contributed by atoms with Crippen LogP contribution in [0.2, 0.25) is 0 Å². The SMILES string of the molecule is CSc1nc(N)cc(NC(C)(C)CC(C)(C)C)n1. The van der Waals surface area contributed by atoms with Crippen LogP contribution in [0.1, 0.15) is 41.0 Å². The van der Waals surface area contributed by atoms with E-state index in [1.165, 1.54) is 11.8 Å². The molecule has 0 aromatic carbocycles. The average Bonchev–Trinajstić information content (AvgIpc) is 2.11. The van der Waals surface area contributed by atoms with Gasteiger partial charge in [-0.3, -0.25) is 0 Å². The molecule has 3 N–H and O–H groups in total. The zero-order valence-corrected chi connectivity index (χ0v) is 13.0. The molecule has 0 saturated carbocycles. The molecule has 0 spiro atoms. The summed E-state index contributed by atoms with van der Waals surface area (Å²) in [5, 5.41) is 4.14. The van der Waals surface area contributed by atoms with Crippen LogP contribution in [0.3, 0.4) is 0 Å². The molecule has 0 saturated heterocycles. The second-order valence-corrected chi connectivity index (χ2v) is 7.18. The van der Waals surface area contributed by atoms with Crippen molar-refractivity contribution in [3.05, 3.63) is 6.07 Å². The lowest BCUT2D eigenvalue weighted by atomic mass is 9.82. The van der Waals surface area contributed by atoms with Crippen LogP contribution in [0.25, 0.3) is 0 Å². The minimum Gasteiger partial charge on any atom is -0.383 e. The van der Waals surface area contributed by atoms with E-state index >= 15 is 0 Å². The molecule has 0 fully saturated rings. The van der Waals surface area contributed by atoms with Gasteiger partial charge in [-0.2, -0.15) is 0 Å². The number of hydrogen-bond acceptors (Lipinski definition) is 5. The quantitative estimate of drug-likeness (QED) is 0.647. The zero-order chi connectivity index (χ0) is 14.0. The van der Waals surface area contributed by atoms with Crippen LogP contribution in [0.4, 0.5) is 11.6 Å². The topological polar surface area (TPSA) is 63.8 Å². The molecule has 0 amide bonds. The van der Waals surface area contributed by atoms with E-state index in [1.54, 1.807) is 6.07 Å². The molecule has 0 unspecified atom stereocenters. The molecule has 1 heterocycles. The minimum atomic E-state index is -0.0330. The molecule has 0 aliphatic rings. The Bertz CT molecular complexity index is 410. The highest BCUT2D eigenvalue weighted by Gasteiger charge is 2.25. The van der Waals surface area contributed by atoms with Gasteiger partial charge in [0.05, 0.1) is 0 Å². The van der Waals surface area contributed by atoms with Crippen LogP contribution in [0, 0.1) is 5.41 Å². The number of anilines is 2. The van der Waals surface area contributed by atoms with E-state index in [4.69, 9.17) is 5.73 Å². The second-order valence-electron chi connectivity index (χ2n) is 6.41. The number of nitrogen functional groups attached to an aromatic ring is 1. The maximum Gasteiger partial charge on any atom is 0.191 e. The van der Waals surface area contributed by atoms with Gasteiger partial charge in [0.25, 0.3) is 0 Å². The van der Waals surface area contributed by atoms with E-state index in [9.17, 15) is 0 Å². The Hall–Kier alpha value is -0.970. The third kappa shape index (κ3) is 5.12. The van der Waals surface area contributed by atoms with E-state index in [1.807, 2.05) is 6.26 Å². The third-order valence-corrected chi connectivity index (χ3v) is 2.89. The van der Waals surface area contributed by atoms with Crippen molar-refractivity contribution in [2.45, 2.75) is 51.7 Å². The standard InChI is InChI=1S/C13H24N4S/c1-12(2,3)8-13(4,5)17-10-7-9(14)15-11(16-10)18-6/h7H,8H2,1-6H3,(H3,14,15,16,17). The molecule has 0 aliphatic carbocycles. The molecule has 0 atom stereocenters. The van der Waals surface area contributed by atoms with Crippen molar-refractivity contribution in [3.63, 3.8) is 0 Å². The summed E-state index contributed by atoms with van der Waals surface area (Å²) in [4.78, 5) is 8.57. The summed E-state index contributed by atoms with van der Waals surface area (Å²) in [6.45, 7) is 11.1. The van der Waals surface area contributed by atoms with Crippen LogP contribution in [-0.2, 0) is 0 Å². The first-order valence-corrected chi connectivity index (χ1v) is 7.30. The van der Waals surface area contributed by atoms with Crippen molar-refractivity contribution in [2.24, 2.45) is 5.41 Å². The number of nitrogens with zero attached hydrogens (tertiary/aromatic N) is 2. The van der Waals surface area contributed by atoms with Gasteiger partial charge in [-0.15, -0.1) is 0 Å². The zero-order valence-electron chi connectivity index (χ0n) is 12.2. The van der Waals surface area contributed by atoms with Crippen molar-refractivity contribution in [1.82, 2.24) is 9.97 Å². The van der Waals surface area contributed by atoms with Gasteiger partial charge in [-0.25, -0.2) is 9.97 Å². The Kier molecular flexibility index (Phi) is 4.48. The lowest BCUT2D eigenvalue weighted by Crippen LogP contribution is -2.35. The monoisotopic (exact) mass is 268 g/mol. The second kappa shape index (κ2) is 5.34. The molecule has 4 nitrogen and oxygen atoms in total. The Balaban J connectivity index is 2.86. The Morgan fingerprint density at radius 3 is 2.33 bits per heavy atom. The highest BCUT2D eigenvalue weighted by molar-refractivity contribution is 7.98. The summed E-state index contributed by atoms with van der Waals surface area (Å²) < 4.78 is 0. The lowest BCUT2D eigenvalue weighted by molar-refractivity contribution is 0.302. The van der Waals surface area contributed by atoms with Gasteiger partial charge in [-0.05, 0) is 31.9 Å². The molecule has 0 radical (unpaired) electrons. The summed E-state index contributed by atoms with van der Waals surface area (Å²) in [5.41, 5.74) is 6.00. The first-order chi connectivity index (χ1) is 8.11. The first-order valence-electron chi connectivity index (χ1n) is 6.08. The maximum absolute atomic E-state index is 5.78. The highest BCUT2D eigenvalue weighted by atomic mass is 32.2. The van der Waals surface area contributed by atoms with Crippen LogP contribution < -0.4 is 11.1 Å². The van der Waals surface area contributed by atoms with Gasteiger partial charge in [0, 0.05) is 11.6 Å². The molecule has 0 aliphatic heterocycles. The Morgan fingerprint density at radius 2 is 1.83 bits per heavy atom.